The molecule has 4 aromatic rings. The number of azide groups is 1. The molecule has 0 unspecified atom stereocenters. The molecule has 0 saturated heterocycles. The van der Waals surface area contributed by atoms with Crippen LogP contribution in [0.1, 0.15) is 204 Å². The number of rotatable bonds is 15. The molecule has 0 heterocycles. The van der Waals surface area contributed by atoms with Crippen LogP contribution in [0, 0.1) is 116 Å². The van der Waals surface area contributed by atoms with E-state index in [1.165, 1.54) is 96.0 Å². The minimum absolute atomic E-state index is 0.149. The van der Waals surface area contributed by atoms with Crippen molar-refractivity contribution in [3.8, 4) is 0 Å². The number of primary sulfonamides is 1. The Bertz CT molecular complexity index is 3500. The number of sulfonamides is 1. The van der Waals surface area contributed by atoms with Gasteiger partial charge < -0.3 is 10.2 Å². The number of aliphatic hydroxyl groups excluding tert-OH is 2. The first-order valence-electron chi connectivity index (χ1n) is 35.3. The number of carbonyl (C=O) groups is 2. The third-order valence-corrected chi connectivity index (χ3v) is 30.0. The number of aliphatic hydroxyl groups is 2. The van der Waals surface area contributed by atoms with Crippen LogP contribution in [0.5, 0.6) is 0 Å². The van der Waals surface area contributed by atoms with E-state index in [2.05, 4.69) is 79.3 Å². The third kappa shape index (κ3) is 13.2. The van der Waals surface area contributed by atoms with Crippen LogP contribution in [0.3, 0.4) is 0 Å². The molecular weight excluding hydrogens is 1160 g/mol. The van der Waals surface area contributed by atoms with Gasteiger partial charge in [-0.25, -0.2) is 22.0 Å². The van der Waals surface area contributed by atoms with Gasteiger partial charge in [-0.1, -0.05) is 162 Å². The topological polar surface area (TPSA) is 218 Å². The largest absolute Gasteiger partial charge is 0.393 e. The van der Waals surface area contributed by atoms with E-state index in [1.807, 2.05) is 54.6 Å². The van der Waals surface area contributed by atoms with Crippen molar-refractivity contribution in [1.29, 1.82) is 0 Å². The average molecular weight is 1270 g/mol. The van der Waals surface area contributed by atoms with Crippen LogP contribution in [-0.4, -0.2) is 56.7 Å². The highest BCUT2D eigenvalue weighted by atomic mass is 32.2. The van der Waals surface area contributed by atoms with Crippen LogP contribution >= 0.6 is 0 Å². The highest BCUT2D eigenvalue weighted by Gasteiger charge is 2.66. The summed E-state index contributed by atoms with van der Waals surface area (Å²) in [7, 11) is -7.25. The van der Waals surface area contributed by atoms with Crippen LogP contribution in [0.4, 0.5) is 0 Å². The molecule has 14 heteroatoms. The summed E-state index contributed by atoms with van der Waals surface area (Å²) in [6.07, 6.45) is 22.9. The Kier molecular flexibility index (Phi) is 20.8. The third-order valence-electron chi connectivity index (χ3n) is 27.4. The van der Waals surface area contributed by atoms with E-state index in [9.17, 15) is 36.6 Å². The summed E-state index contributed by atoms with van der Waals surface area (Å²) in [5, 5.41) is 35.9. The van der Waals surface area contributed by atoms with Crippen molar-refractivity contribution in [3.63, 3.8) is 0 Å². The number of sulfone groups is 1. The van der Waals surface area contributed by atoms with Crippen molar-refractivity contribution < 1.29 is 36.6 Å². The van der Waals surface area contributed by atoms with Gasteiger partial charge in [-0.2, -0.15) is 0 Å². The number of benzene rings is 4. The Hall–Kier alpha value is -4.17. The summed E-state index contributed by atoms with van der Waals surface area (Å²) < 4.78 is 48.2. The Morgan fingerprint density at radius 3 is 1.46 bits per heavy atom. The number of fused-ring (bicyclic) bond motifs is 12. The number of nitrogens with zero attached hydrogens (tertiary/aromatic N) is 3. The summed E-state index contributed by atoms with van der Waals surface area (Å²) in [6.45, 7) is 24.3. The van der Waals surface area contributed by atoms with Crippen molar-refractivity contribution in [2.45, 2.75) is 226 Å². The predicted molar refractivity (Wildman–Crippen MR) is 362 cm³/mol. The standard InChI is InChI=1S/C39H56O4S.C27H45N3O2.C10H9NO2S/c1-6-31-35-22-25(2)18-20-39(35,5)34-19-21-38(4)32(16-17-33(38)36(34)37(31)41)26(3)10-9-13-29(40)24-44(42,43)30-15-14-27-11-7-8-12-28(27)23-30;1-6-18-22-15-16(2)11-13-27(22,5)21-12-14-26(4)19(8-9-20(26)24(21)25(18)32)17(3)7-10-23(31)29-30-28;11-14(12,13)10-6-5-8-3-1-2-4-9(8)7-10/h7-8,11-12,14-15,23,25-26,31-37,41H,6,9-10,13,16-22,24H2,1-5H3;16-22,24-25,32H,6-15H2,1-5H3;1-7H,(H2,11,12,13)/t25-,26-,31-,32-,33+,34+,35+,36+,37-,38-,39-;16-,17-,18-,19-,20+,21+,22+,24+,25-,26-,27-;/m11./s1. The highest BCUT2D eigenvalue weighted by Crippen LogP contribution is 2.72. The van der Waals surface area contributed by atoms with Crippen LogP contribution in [0.15, 0.2) is 99.8 Å². The number of amides is 1. The lowest BCUT2D eigenvalue weighted by atomic mass is 9.41. The van der Waals surface area contributed by atoms with Gasteiger partial charge in [-0.3, -0.25) is 9.59 Å². The first-order chi connectivity index (χ1) is 42.6. The zero-order chi connectivity index (χ0) is 64.9. The lowest BCUT2D eigenvalue weighted by Gasteiger charge is -2.65. The molecule has 90 heavy (non-hydrogen) atoms. The van der Waals surface area contributed by atoms with E-state index in [0.717, 1.165) is 65.5 Å². The Labute approximate surface area is 540 Å². The van der Waals surface area contributed by atoms with Crippen LogP contribution < -0.4 is 5.14 Å². The molecule has 0 aliphatic heterocycles. The van der Waals surface area contributed by atoms with Crippen molar-refractivity contribution in [2.75, 3.05) is 5.75 Å². The number of carbonyl (C=O) groups excluding carboxylic acids is 2. The lowest BCUT2D eigenvalue weighted by Crippen LogP contribution is -2.61. The van der Waals surface area contributed by atoms with Gasteiger partial charge in [-0.05, 0) is 263 Å². The van der Waals surface area contributed by atoms with Gasteiger partial charge in [0.25, 0.3) is 0 Å². The molecule has 494 valence electrons. The first kappa shape index (κ1) is 68.7. The van der Waals surface area contributed by atoms with Crippen molar-refractivity contribution in [2.24, 2.45) is 127 Å². The Morgan fingerprint density at radius 1 is 0.578 bits per heavy atom. The highest BCUT2D eigenvalue weighted by molar-refractivity contribution is 7.92. The monoisotopic (exact) mass is 1270 g/mol. The number of Topliss-reactive ketones (excluding diaryl/α,β-unsaturated/α-hetero) is 1. The second-order valence-corrected chi connectivity index (χ2v) is 35.5. The quantitative estimate of drug-likeness (QED) is 0.0589. The van der Waals surface area contributed by atoms with Gasteiger partial charge >= 0.3 is 0 Å². The fourth-order valence-electron chi connectivity index (χ4n) is 22.9. The molecule has 8 saturated carbocycles. The number of nitrogens with two attached hydrogens (primary N) is 1. The Morgan fingerprint density at radius 2 is 1.00 bits per heavy atom. The molecule has 0 spiro atoms. The van der Waals surface area contributed by atoms with Gasteiger partial charge in [0.05, 0.1) is 22.0 Å². The molecular formula is C76H110N4O8S2. The van der Waals surface area contributed by atoms with E-state index < -0.39 is 25.6 Å². The maximum absolute atomic E-state index is 13.1. The molecule has 12 nitrogen and oxygen atoms in total. The second-order valence-electron chi connectivity index (χ2n) is 32.0. The molecule has 1 amide bonds. The zero-order valence-electron chi connectivity index (χ0n) is 56.1. The predicted octanol–water partition coefficient (Wildman–Crippen LogP) is 17.5. The average Bonchev–Trinajstić information content (AvgIpc) is 1.25. The van der Waals surface area contributed by atoms with Crippen LogP contribution in [0.2, 0.25) is 0 Å². The van der Waals surface area contributed by atoms with Gasteiger partial charge in [-0.15, -0.1) is 0 Å². The minimum atomic E-state index is -3.66. The van der Waals surface area contributed by atoms with E-state index in [1.54, 1.807) is 24.3 Å². The molecule has 0 aromatic heterocycles. The minimum Gasteiger partial charge on any atom is -0.393 e. The molecule has 0 radical (unpaired) electrons. The molecule has 4 aromatic carbocycles. The summed E-state index contributed by atoms with van der Waals surface area (Å²) in [5.74, 6) is 8.37. The summed E-state index contributed by atoms with van der Waals surface area (Å²) in [4.78, 5) is 27.7. The normalized spacial score (nSPS) is 38.4. The second kappa shape index (κ2) is 27.3. The zero-order valence-corrected chi connectivity index (χ0v) is 57.7. The smallest absolute Gasteiger partial charge is 0.238 e. The van der Waals surface area contributed by atoms with Crippen molar-refractivity contribution >= 4 is 53.1 Å². The summed E-state index contributed by atoms with van der Waals surface area (Å²) >= 11 is 0. The number of hydrogen-bond donors (Lipinski definition) is 3. The fraction of sp³-hybridized carbons (Fsp3) is 0.711. The number of hydrogen-bond acceptors (Lipinski definition) is 8. The van der Waals surface area contributed by atoms with E-state index >= 15 is 0 Å². The van der Waals surface area contributed by atoms with Crippen molar-refractivity contribution in [1.82, 2.24) is 0 Å². The van der Waals surface area contributed by atoms with E-state index in [4.69, 9.17) is 10.7 Å². The maximum atomic E-state index is 13.1. The molecule has 8 aliphatic rings. The molecule has 8 aliphatic carbocycles. The molecule has 12 rings (SSSR count). The van der Waals surface area contributed by atoms with E-state index in [-0.39, 0.29) is 44.5 Å². The molecule has 8 fully saturated rings. The SMILES string of the molecule is CC[C@H]1[C@@H](O)[C@@H]2[C@H](CC[C@]3(C)[C@@H]([C@H](C)CCC(=O)N=[N+]=[N-])CC[C@@H]23)[C@@]2(C)CC[C@@H](C)C[C@@H]12.CC[C@H]1[C@@H](O)[C@@H]2[C@H](CC[C@]3(C)[C@@H]([C@H](C)CCCC(=O)CS(=O)(=O)c4ccc5ccccc5c4)CC[C@@H]23)[C@@]2(C)CC[C@@H](C)C[C@@H]12.NS(=O)(=O)c1ccc2ccccc2c1. The van der Waals surface area contributed by atoms with Crippen molar-refractivity contribution in [3.05, 3.63) is 95.4 Å². The first-order valence-corrected chi connectivity index (χ1v) is 38.5. The lowest BCUT2D eigenvalue weighted by molar-refractivity contribution is -0.198. The summed E-state index contributed by atoms with van der Waals surface area (Å²) in [6, 6.07) is 25.2. The van der Waals surface area contributed by atoms with Crippen LogP contribution in [-0.2, 0) is 29.4 Å². The molecule has 4 N–H and O–H groups in total. The molecule has 22 atom stereocenters. The van der Waals surface area contributed by atoms with Gasteiger partial charge in [0, 0.05) is 17.8 Å². The summed E-state index contributed by atoms with van der Waals surface area (Å²) in [5.41, 5.74) is 9.78. The van der Waals surface area contributed by atoms with Gasteiger partial charge in [0.1, 0.15) is 11.5 Å². The van der Waals surface area contributed by atoms with E-state index in [0.29, 0.717) is 107 Å². The van der Waals surface area contributed by atoms with Crippen LogP contribution in [0.25, 0.3) is 32.0 Å². The van der Waals surface area contributed by atoms with Gasteiger partial charge in [0.15, 0.2) is 9.84 Å². The molecule has 0 bridgehead atoms. The maximum Gasteiger partial charge on any atom is 0.238 e. The Balaban J connectivity index is 0.000000168. The van der Waals surface area contributed by atoms with Gasteiger partial charge in [0.2, 0.25) is 15.9 Å². The number of ketones is 1. The fourth-order valence-corrected chi connectivity index (χ4v) is 24.7.